The third-order valence-corrected chi connectivity index (χ3v) is 5.36. The van der Waals surface area contributed by atoms with Gasteiger partial charge in [-0.2, -0.15) is 0 Å². The summed E-state index contributed by atoms with van der Waals surface area (Å²) in [5.41, 5.74) is 0. The average Bonchev–Trinajstić information content (AvgIpc) is 2.41. The van der Waals surface area contributed by atoms with Crippen LogP contribution < -0.4 is 0 Å². The third-order valence-electron chi connectivity index (χ3n) is 3.76. The molecule has 0 spiro atoms. The molecule has 1 atom stereocenters. The van der Waals surface area contributed by atoms with Crippen molar-refractivity contribution in [1.29, 1.82) is 0 Å². The number of benzene rings is 1. The number of aliphatic hydroxyl groups is 1. The van der Waals surface area contributed by atoms with Crippen LogP contribution in [-0.2, 0) is 0 Å². The van der Waals surface area contributed by atoms with Crippen LogP contribution in [0.2, 0.25) is 0 Å². The van der Waals surface area contributed by atoms with Gasteiger partial charge in [0.25, 0.3) is 0 Å². The maximum absolute atomic E-state index is 10.5. The van der Waals surface area contributed by atoms with Crippen LogP contribution in [0.1, 0.15) is 38.5 Å². The second kappa shape index (κ2) is 6.44. The third kappa shape index (κ3) is 3.18. The average molecular weight is 262 g/mol. The molecule has 1 aromatic carbocycles. The van der Waals surface area contributed by atoms with Crippen molar-refractivity contribution in [1.82, 2.24) is 0 Å². The maximum Gasteiger partial charge on any atom is 0.0724 e. The van der Waals surface area contributed by atoms with E-state index in [1.54, 1.807) is 0 Å². The molecule has 0 heterocycles. The van der Waals surface area contributed by atoms with Crippen LogP contribution in [0, 0.1) is 0 Å². The van der Waals surface area contributed by atoms with Crippen molar-refractivity contribution in [3.63, 3.8) is 0 Å². The van der Waals surface area contributed by atoms with Gasteiger partial charge in [0.15, 0.2) is 0 Å². The molecule has 1 aliphatic carbocycles. The summed E-state index contributed by atoms with van der Waals surface area (Å²) >= 11 is 1.86. The van der Waals surface area contributed by atoms with Gasteiger partial charge in [0.2, 0.25) is 0 Å². The Morgan fingerprint density at radius 3 is 2.50 bits per heavy atom. The summed E-state index contributed by atoms with van der Waals surface area (Å²) in [6.07, 6.45) is 8.25. The van der Waals surface area contributed by atoms with E-state index in [0.717, 1.165) is 12.8 Å². The summed E-state index contributed by atoms with van der Waals surface area (Å²) in [4.78, 5) is 1.27. The second-order valence-corrected chi connectivity index (χ2v) is 6.57. The lowest BCUT2D eigenvalue weighted by atomic mass is 9.83. The number of thioether (sulfide) groups is 1. The van der Waals surface area contributed by atoms with Crippen LogP contribution in [0.25, 0.3) is 0 Å². The van der Waals surface area contributed by atoms with Crippen molar-refractivity contribution < 1.29 is 5.11 Å². The van der Waals surface area contributed by atoms with Crippen molar-refractivity contribution in [2.24, 2.45) is 0 Å². The Bertz CT molecular complexity index is 368. The molecule has 1 nitrogen and oxygen atoms in total. The van der Waals surface area contributed by atoms with Gasteiger partial charge in [0.1, 0.15) is 0 Å². The van der Waals surface area contributed by atoms with Gasteiger partial charge in [-0.15, -0.1) is 18.3 Å². The highest BCUT2D eigenvalue weighted by Gasteiger charge is 2.39. The molecule has 0 aliphatic heterocycles. The molecule has 1 saturated carbocycles. The SMILES string of the molecule is C=CCC(O)C1(Sc2ccccc2)CCCCC1. The van der Waals surface area contributed by atoms with Crippen molar-refractivity contribution in [3.8, 4) is 0 Å². The molecule has 0 radical (unpaired) electrons. The van der Waals surface area contributed by atoms with Gasteiger partial charge in [0.05, 0.1) is 6.10 Å². The fraction of sp³-hybridized carbons (Fsp3) is 0.500. The van der Waals surface area contributed by atoms with Gasteiger partial charge in [-0.05, 0) is 31.4 Å². The fourth-order valence-corrected chi connectivity index (χ4v) is 4.24. The molecule has 98 valence electrons. The van der Waals surface area contributed by atoms with Gasteiger partial charge < -0.3 is 5.11 Å². The largest absolute Gasteiger partial charge is 0.391 e. The first-order valence-corrected chi connectivity index (χ1v) is 7.61. The molecule has 1 N–H and O–H groups in total. The van der Waals surface area contributed by atoms with E-state index >= 15 is 0 Å². The van der Waals surface area contributed by atoms with E-state index in [2.05, 4.69) is 30.8 Å². The van der Waals surface area contributed by atoms with E-state index < -0.39 is 0 Å². The molecular formula is C16H22OS. The molecular weight excluding hydrogens is 240 g/mol. The predicted molar refractivity (Wildman–Crippen MR) is 78.9 cm³/mol. The zero-order valence-corrected chi connectivity index (χ0v) is 11.7. The first kappa shape index (κ1) is 13.7. The van der Waals surface area contributed by atoms with E-state index in [1.807, 2.05) is 23.9 Å². The highest BCUT2D eigenvalue weighted by atomic mass is 32.2. The Labute approximate surface area is 114 Å². The highest BCUT2D eigenvalue weighted by Crippen LogP contribution is 2.46. The van der Waals surface area contributed by atoms with Crippen molar-refractivity contribution in [3.05, 3.63) is 43.0 Å². The Kier molecular flexibility index (Phi) is 4.90. The van der Waals surface area contributed by atoms with Crippen LogP contribution in [0.4, 0.5) is 0 Å². The molecule has 1 unspecified atom stereocenters. The molecule has 0 bridgehead atoms. The fourth-order valence-electron chi connectivity index (χ4n) is 2.75. The predicted octanol–water partition coefficient (Wildman–Crippen LogP) is 4.42. The molecule has 0 amide bonds. The van der Waals surface area contributed by atoms with Gasteiger partial charge in [-0.25, -0.2) is 0 Å². The minimum absolute atomic E-state index is 0.00616. The summed E-state index contributed by atoms with van der Waals surface area (Å²) < 4.78 is -0.00616. The highest BCUT2D eigenvalue weighted by molar-refractivity contribution is 8.00. The lowest BCUT2D eigenvalue weighted by Gasteiger charge is -2.40. The van der Waals surface area contributed by atoms with E-state index in [1.165, 1.54) is 24.2 Å². The molecule has 2 rings (SSSR count). The monoisotopic (exact) mass is 262 g/mol. The normalized spacial score (nSPS) is 20.3. The molecule has 18 heavy (non-hydrogen) atoms. The molecule has 2 heteroatoms. The van der Waals surface area contributed by atoms with Crippen LogP contribution in [0.3, 0.4) is 0 Å². The molecule has 1 aliphatic rings. The van der Waals surface area contributed by atoms with Crippen LogP contribution in [-0.4, -0.2) is 16.0 Å². The topological polar surface area (TPSA) is 20.2 Å². The number of rotatable bonds is 5. The Balaban J connectivity index is 2.16. The van der Waals surface area contributed by atoms with E-state index in [9.17, 15) is 5.11 Å². The van der Waals surface area contributed by atoms with E-state index in [-0.39, 0.29) is 10.9 Å². The summed E-state index contributed by atoms with van der Waals surface area (Å²) in [6.45, 7) is 3.76. The number of hydrogen-bond acceptors (Lipinski definition) is 2. The summed E-state index contributed by atoms with van der Waals surface area (Å²) in [6, 6.07) is 10.5. The first-order chi connectivity index (χ1) is 8.77. The standard InChI is InChI=1S/C16H22OS/c1-2-9-15(17)16(12-7-4-8-13-16)18-14-10-5-3-6-11-14/h2-3,5-6,10-11,15,17H,1,4,7-9,12-13H2. The maximum atomic E-state index is 10.5. The molecule has 0 saturated heterocycles. The van der Waals surface area contributed by atoms with Gasteiger partial charge >= 0.3 is 0 Å². The van der Waals surface area contributed by atoms with Crippen LogP contribution in [0.5, 0.6) is 0 Å². The van der Waals surface area contributed by atoms with Gasteiger partial charge in [-0.3, -0.25) is 0 Å². The van der Waals surface area contributed by atoms with Crippen molar-refractivity contribution in [2.75, 3.05) is 0 Å². The van der Waals surface area contributed by atoms with Crippen molar-refractivity contribution in [2.45, 2.75) is 54.3 Å². The second-order valence-electron chi connectivity index (χ2n) is 5.08. The minimum atomic E-state index is -0.277. The van der Waals surface area contributed by atoms with E-state index in [4.69, 9.17) is 0 Å². The Hall–Kier alpha value is -0.730. The molecule has 0 aromatic heterocycles. The zero-order valence-electron chi connectivity index (χ0n) is 10.8. The van der Waals surface area contributed by atoms with Gasteiger partial charge in [0, 0.05) is 9.64 Å². The quantitative estimate of drug-likeness (QED) is 0.793. The van der Waals surface area contributed by atoms with E-state index in [0.29, 0.717) is 6.42 Å². The van der Waals surface area contributed by atoms with Gasteiger partial charge in [-0.1, -0.05) is 43.5 Å². The number of hydrogen-bond donors (Lipinski definition) is 1. The molecule has 1 aromatic rings. The van der Waals surface area contributed by atoms with Crippen LogP contribution >= 0.6 is 11.8 Å². The van der Waals surface area contributed by atoms with Crippen molar-refractivity contribution >= 4 is 11.8 Å². The summed E-state index contributed by atoms with van der Waals surface area (Å²) in [5, 5.41) is 10.5. The first-order valence-electron chi connectivity index (χ1n) is 6.80. The number of aliphatic hydroxyl groups excluding tert-OH is 1. The lowest BCUT2D eigenvalue weighted by Crippen LogP contribution is -2.40. The summed E-state index contributed by atoms with van der Waals surface area (Å²) in [7, 11) is 0. The Morgan fingerprint density at radius 1 is 1.22 bits per heavy atom. The zero-order chi connectivity index (χ0) is 12.8. The lowest BCUT2D eigenvalue weighted by molar-refractivity contribution is 0.109. The summed E-state index contributed by atoms with van der Waals surface area (Å²) in [5.74, 6) is 0. The molecule has 1 fully saturated rings. The minimum Gasteiger partial charge on any atom is -0.391 e. The Morgan fingerprint density at radius 2 is 1.89 bits per heavy atom. The van der Waals surface area contributed by atoms with Crippen LogP contribution in [0.15, 0.2) is 47.9 Å². The smallest absolute Gasteiger partial charge is 0.0724 e.